The minimum atomic E-state index is -0.397. The molecule has 6 heteroatoms. The lowest BCUT2D eigenvalue weighted by Crippen LogP contribution is -2.35. The number of aliphatic imine (C=N–C) groups is 2. The molecular formula is C56H38N6. The number of amidine groups is 1. The molecule has 1 aliphatic heterocycles. The van der Waals surface area contributed by atoms with Crippen molar-refractivity contribution in [3.8, 4) is 39.3 Å². The third kappa shape index (κ3) is 6.00. The Hall–Kier alpha value is -8.35. The second-order valence-corrected chi connectivity index (χ2v) is 15.7. The maximum absolute atomic E-state index is 5.48. The first-order valence-electron chi connectivity index (χ1n) is 21.0. The summed E-state index contributed by atoms with van der Waals surface area (Å²) < 4.78 is 4.71. The van der Waals surface area contributed by atoms with Crippen molar-refractivity contribution in [1.82, 2.24) is 19.4 Å². The van der Waals surface area contributed by atoms with Gasteiger partial charge >= 0.3 is 0 Å². The molecule has 0 saturated carbocycles. The smallest absolute Gasteiger partial charge is 0.234 e. The Bertz CT molecular complexity index is 3550. The molecule has 292 valence electrons. The fourth-order valence-electron chi connectivity index (χ4n) is 9.11. The molecule has 1 atom stereocenters. The summed E-state index contributed by atoms with van der Waals surface area (Å²) in [6.07, 6.45) is -0.397. The van der Waals surface area contributed by atoms with Crippen molar-refractivity contribution >= 4 is 55.4 Å². The molecule has 0 spiro atoms. The van der Waals surface area contributed by atoms with E-state index in [1.165, 1.54) is 16.3 Å². The lowest BCUT2D eigenvalue weighted by atomic mass is 10.0. The molecule has 1 N–H and O–H groups in total. The Balaban J connectivity index is 1.10. The molecule has 0 bridgehead atoms. The molecule has 0 fully saturated rings. The first-order chi connectivity index (χ1) is 30.7. The molecule has 3 aromatic heterocycles. The van der Waals surface area contributed by atoms with Crippen LogP contribution in [0.3, 0.4) is 0 Å². The number of hydrogen-bond acceptors (Lipinski definition) is 4. The maximum Gasteiger partial charge on any atom is 0.234 e. The summed E-state index contributed by atoms with van der Waals surface area (Å²) in [4.78, 5) is 16.0. The van der Waals surface area contributed by atoms with Gasteiger partial charge in [-0.05, 0) is 59.2 Å². The van der Waals surface area contributed by atoms with Crippen molar-refractivity contribution < 1.29 is 0 Å². The molecule has 11 aromatic rings. The minimum absolute atomic E-state index is 0.397. The third-order valence-corrected chi connectivity index (χ3v) is 12.0. The second-order valence-electron chi connectivity index (χ2n) is 15.7. The highest BCUT2D eigenvalue weighted by Crippen LogP contribution is 2.41. The third-order valence-electron chi connectivity index (χ3n) is 12.0. The molecule has 6 nitrogen and oxygen atoms in total. The van der Waals surface area contributed by atoms with Gasteiger partial charge in [-0.2, -0.15) is 4.99 Å². The SMILES string of the molecule is c1ccc(-c2cccc(-n3c4ccccc4c4ccc5c6ccccc6n(C6=NC(c7ccccc7)NC(c7cccc(-c8cccc(-c9ccccc9)n8)c7)=N6)c5c43)c2)cc1. The number of nitrogens with zero attached hydrogens (tertiary/aromatic N) is 5. The summed E-state index contributed by atoms with van der Waals surface area (Å²) >= 11 is 0. The zero-order valence-corrected chi connectivity index (χ0v) is 33.6. The highest BCUT2D eigenvalue weighted by atomic mass is 15.3. The molecular weight excluding hydrogens is 757 g/mol. The van der Waals surface area contributed by atoms with Gasteiger partial charge in [-0.25, -0.2) is 9.98 Å². The minimum Gasteiger partial charge on any atom is -0.344 e. The van der Waals surface area contributed by atoms with Crippen LogP contribution in [0.4, 0.5) is 0 Å². The Morgan fingerprint density at radius 3 is 1.65 bits per heavy atom. The maximum atomic E-state index is 5.48. The van der Waals surface area contributed by atoms with E-state index in [9.17, 15) is 0 Å². The highest BCUT2D eigenvalue weighted by Gasteiger charge is 2.27. The van der Waals surface area contributed by atoms with Gasteiger partial charge in [0.2, 0.25) is 5.96 Å². The van der Waals surface area contributed by atoms with E-state index in [-0.39, 0.29) is 0 Å². The van der Waals surface area contributed by atoms with E-state index in [2.05, 4.69) is 209 Å². The number of nitrogens with one attached hydrogen (secondary N) is 1. The van der Waals surface area contributed by atoms with Crippen LogP contribution in [0.15, 0.2) is 228 Å². The molecule has 4 heterocycles. The fraction of sp³-hybridized carbons (Fsp3) is 0.0179. The number of aromatic nitrogens is 3. The van der Waals surface area contributed by atoms with Crippen LogP contribution in [-0.4, -0.2) is 25.9 Å². The van der Waals surface area contributed by atoms with Crippen molar-refractivity contribution in [1.29, 1.82) is 0 Å². The molecule has 0 aliphatic carbocycles. The summed E-state index contributed by atoms with van der Waals surface area (Å²) in [7, 11) is 0. The molecule has 0 amide bonds. The van der Waals surface area contributed by atoms with E-state index in [0.29, 0.717) is 5.96 Å². The van der Waals surface area contributed by atoms with Gasteiger partial charge in [-0.3, -0.25) is 4.57 Å². The van der Waals surface area contributed by atoms with Gasteiger partial charge in [-0.1, -0.05) is 176 Å². The van der Waals surface area contributed by atoms with Gasteiger partial charge in [0, 0.05) is 43.9 Å². The summed E-state index contributed by atoms with van der Waals surface area (Å²) in [6.45, 7) is 0. The molecule has 1 unspecified atom stereocenters. The average molecular weight is 795 g/mol. The zero-order valence-electron chi connectivity index (χ0n) is 33.6. The van der Waals surface area contributed by atoms with Crippen LogP contribution in [0.5, 0.6) is 0 Å². The van der Waals surface area contributed by atoms with Crippen LogP contribution in [-0.2, 0) is 0 Å². The number of rotatable bonds is 6. The lowest BCUT2D eigenvalue weighted by molar-refractivity contribution is 0.668. The monoisotopic (exact) mass is 794 g/mol. The van der Waals surface area contributed by atoms with Gasteiger partial charge < -0.3 is 9.88 Å². The Labute approximate surface area is 358 Å². The number of benzene rings is 8. The molecule has 62 heavy (non-hydrogen) atoms. The first-order valence-corrected chi connectivity index (χ1v) is 21.0. The van der Waals surface area contributed by atoms with Gasteiger partial charge in [-0.15, -0.1) is 0 Å². The fourth-order valence-corrected chi connectivity index (χ4v) is 9.11. The summed E-state index contributed by atoms with van der Waals surface area (Å²) in [5.41, 5.74) is 13.7. The quantitative estimate of drug-likeness (QED) is 0.182. The molecule has 0 radical (unpaired) electrons. The standard InChI is InChI=1S/C56H38N6/c1-4-17-37(18-5-1)40-23-15-26-43(36-40)61-50-31-12-10-27-44(50)46-33-34-47-45-28-11-13-32-51(45)62(53(47)52(46)61)56-59-54(39-21-8-3-9-22-39)58-55(60-56)42-25-14-24-41(35-42)49-30-16-29-48(57-49)38-19-6-2-7-20-38/h1-36,54H,(H,58,59,60). The van der Waals surface area contributed by atoms with Crippen molar-refractivity contribution in [2.75, 3.05) is 0 Å². The van der Waals surface area contributed by atoms with E-state index in [1.54, 1.807) is 0 Å². The predicted molar refractivity (Wildman–Crippen MR) is 256 cm³/mol. The van der Waals surface area contributed by atoms with E-state index in [0.717, 1.165) is 83.6 Å². The van der Waals surface area contributed by atoms with Crippen LogP contribution in [0, 0.1) is 0 Å². The Kier molecular flexibility index (Phi) is 8.45. The van der Waals surface area contributed by atoms with E-state index >= 15 is 0 Å². The van der Waals surface area contributed by atoms with Crippen molar-refractivity contribution in [3.05, 3.63) is 230 Å². The van der Waals surface area contributed by atoms with Gasteiger partial charge in [0.25, 0.3) is 0 Å². The molecule has 12 rings (SSSR count). The van der Waals surface area contributed by atoms with Gasteiger partial charge in [0.05, 0.1) is 33.5 Å². The predicted octanol–water partition coefficient (Wildman–Crippen LogP) is 13.2. The van der Waals surface area contributed by atoms with Crippen LogP contribution in [0.1, 0.15) is 17.3 Å². The van der Waals surface area contributed by atoms with Crippen LogP contribution in [0.2, 0.25) is 0 Å². The van der Waals surface area contributed by atoms with Crippen molar-refractivity contribution in [2.45, 2.75) is 6.17 Å². The Morgan fingerprint density at radius 2 is 0.919 bits per heavy atom. The molecule has 0 saturated heterocycles. The van der Waals surface area contributed by atoms with Crippen molar-refractivity contribution in [3.63, 3.8) is 0 Å². The summed E-state index contributed by atoms with van der Waals surface area (Å²) in [5.74, 6) is 1.34. The van der Waals surface area contributed by atoms with Gasteiger partial charge in [0.15, 0.2) is 0 Å². The lowest BCUT2D eigenvalue weighted by Gasteiger charge is -2.24. The van der Waals surface area contributed by atoms with Gasteiger partial charge in [0.1, 0.15) is 12.0 Å². The number of fused-ring (bicyclic) bond motifs is 7. The average Bonchev–Trinajstić information content (AvgIpc) is 3.88. The summed E-state index contributed by atoms with van der Waals surface area (Å²) in [5, 5.41) is 8.36. The molecule has 8 aromatic carbocycles. The van der Waals surface area contributed by atoms with Crippen LogP contribution >= 0.6 is 0 Å². The first kappa shape index (κ1) is 35.6. The highest BCUT2D eigenvalue weighted by molar-refractivity contribution is 6.26. The largest absolute Gasteiger partial charge is 0.344 e. The van der Waals surface area contributed by atoms with Crippen molar-refractivity contribution in [2.24, 2.45) is 9.98 Å². The second kappa shape index (κ2) is 14.7. The summed E-state index contributed by atoms with van der Waals surface area (Å²) in [6, 6.07) is 76.8. The molecule has 1 aliphatic rings. The normalized spacial score (nSPS) is 14.0. The Morgan fingerprint density at radius 1 is 0.387 bits per heavy atom. The zero-order chi connectivity index (χ0) is 41.0. The number of hydrogen-bond donors (Lipinski definition) is 1. The van der Waals surface area contributed by atoms with Crippen LogP contribution < -0.4 is 5.32 Å². The van der Waals surface area contributed by atoms with E-state index in [1.807, 2.05) is 24.3 Å². The topological polar surface area (TPSA) is 59.5 Å². The number of pyridine rings is 1. The number of para-hydroxylation sites is 2. The van der Waals surface area contributed by atoms with Crippen LogP contribution in [0.25, 0.3) is 82.9 Å². The van der Waals surface area contributed by atoms with E-state index in [4.69, 9.17) is 15.0 Å². The van der Waals surface area contributed by atoms with E-state index < -0.39 is 6.17 Å².